The lowest BCUT2D eigenvalue weighted by Gasteiger charge is -2.34. The predicted octanol–water partition coefficient (Wildman–Crippen LogP) is 1.81. The SMILES string of the molecule is CN(Cc1ccsc1)C(=O)Cn1nnnc1C(c1ccccc1)N1CCOCC1. The lowest BCUT2D eigenvalue weighted by atomic mass is 10.0. The third-order valence-corrected chi connectivity index (χ3v) is 5.77. The summed E-state index contributed by atoms with van der Waals surface area (Å²) in [5.41, 5.74) is 2.22. The van der Waals surface area contributed by atoms with E-state index in [0.29, 0.717) is 25.6 Å². The van der Waals surface area contributed by atoms with Crippen LogP contribution in [0.4, 0.5) is 0 Å². The number of carbonyl (C=O) groups excluding carboxylic acids is 1. The molecule has 2 aromatic heterocycles. The number of tetrazole rings is 1. The Balaban J connectivity index is 1.55. The van der Waals surface area contributed by atoms with E-state index in [4.69, 9.17) is 4.74 Å². The van der Waals surface area contributed by atoms with Crippen LogP contribution < -0.4 is 0 Å². The quantitative estimate of drug-likeness (QED) is 0.589. The van der Waals surface area contributed by atoms with Gasteiger partial charge in [0, 0.05) is 26.7 Å². The smallest absolute Gasteiger partial charge is 0.244 e. The summed E-state index contributed by atoms with van der Waals surface area (Å²) < 4.78 is 7.14. The Morgan fingerprint density at radius 2 is 2.03 bits per heavy atom. The van der Waals surface area contributed by atoms with Gasteiger partial charge in [-0.3, -0.25) is 9.69 Å². The van der Waals surface area contributed by atoms with Gasteiger partial charge in [-0.25, -0.2) is 4.68 Å². The van der Waals surface area contributed by atoms with Gasteiger partial charge in [-0.15, -0.1) is 5.10 Å². The van der Waals surface area contributed by atoms with E-state index in [1.54, 1.807) is 28.0 Å². The fourth-order valence-electron chi connectivity index (χ4n) is 3.51. The van der Waals surface area contributed by atoms with E-state index in [-0.39, 0.29) is 18.5 Å². The van der Waals surface area contributed by atoms with Crippen molar-refractivity contribution < 1.29 is 9.53 Å². The molecule has 9 heteroatoms. The van der Waals surface area contributed by atoms with Gasteiger partial charge in [0.2, 0.25) is 5.91 Å². The Morgan fingerprint density at radius 1 is 1.24 bits per heavy atom. The third-order valence-electron chi connectivity index (χ3n) is 5.04. The Labute approximate surface area is 173 Å². The summed E-state index contributed by atoms with van der Waals surface area (Å²) in [6, 6.07) is 12.1. The molecule has 0 saturated carbocycles. The van der Waals surface area contributed by atoms with E-state index in [1.165, 1.54) is 0 Å². The zero-order valence-corrected chi connectivity index (χ0v) is 17.2. The van der Waals surface area contributed by atoms with E-state index >= 15 is 0 Å². The van der Waals surface area contributed by atoms with Gasteiger partial charge in [0.15, 0.2) is 5.82 Å². The van der Waals surface area contributed by atoms with Crippen molar-refractivity contribution in [1.82, 2.24) is 30.0 Å². The first-order valence-corrected chi connectivity index (χ1v) is 10.5. The molecule has 1 amide bonds. The summed E-state index contributed by atoms with van der Waals surface area (Å²) in [5, 5.41) is 16.4. The van der Waals surface area contributed by atoms with E-state index in [9.17, 15) is 4.79 Å². The highest BCUT2D eigenvalue weighted by molar-refractivity contribution is 7.07. The van der Waals surface area contributed by atoms with Crippen molar-refractivity contribution in [3.8, 4) is 0 Å². The number of amides is 1. The standard InChI is InChI=1S/C20H24N6O2S/c1-24(13-16-7-12-29-15-16)18(27)14-26-20(21-22-23-26)19(17-5-3-2-4-6-17)25-8-10-28-11-9-25/h2-7,12,15,19H,8-11,13-14H2,1H3. The molecule has 0 spiro atoms. The van der Waals surface area contributed by atoms with Gasteiger partial charge in [0.1, 0.15) is 6.54 Å². The average molecular weight is 413 g/mol. The minimum Gasteiger partial charge on any atom is -0.379 e. The number of morpholine rings is 1. The van der Waals surface area contributed by atoms with E-state index in [1.807, 2.05) is 29.6 Å². The van der Waals surface area contributed by atoms with Crippen LogP contribution in [0, 0.1) is 0 Å². The molecule has 8 nitrogen and oxygen atoms in total. The van der Waals surface area contributed by atoms with Crippen molar-refractivity contribution in [3.05, 3.63) is 64.1 Å². The molecule has 3 aromatic rings. The van der Waals surface area contributed by atoms with Crippen LogP contribution in [0.25, 0.3) is 0 Å². The van der Waals surface area contributed by atoms with Crippen LogP contribution in [0.3, 0.4) is 0 Å². The predicted molar refractivity (Wildman–Crippen MR) is 109 cm³/mol. The molecule has 1 aromatic carbocycles. The van der Waals surface area contributed by atoms with Gasteiger partial charge in [-0.1, -0.05) is 30.3 Å². The van der Waals surface area contributed by atoms with Crippen molar-refractivity contribution in [3.63, 3.8) is 0 Å². The van der Waals surface area contributed by atoms with E-state index < -0.39 is 0 Å². The maximum atomic E-state index is 12.8. The summed E-state index contributed by atoms with van der Waals surface area (Å²) in [5.74, 6) is 0.647. The molecule has 0 N–H and O–H groups in total. The number of thiophene rings is 1. The molecule has 1 atom stereocenters. The number of aromatic nitrogens is 4. The van der Waals surface area contributed by atoms with Crippen molar-refractivity contribution in [1.29, 1.82) is 0 Å². The fraction of sp³-hybridized carbons (Fsp3) is 0.400. The van der Waals surface area contributed by atoms with Gasteiger partial charge in [-0.05, 0) is 38.4 Å². The van der Waals surface area contributed by atoms with Crippen molar-refractivity contribution in [2.24, 2.45) is 0 Å². The topological polar surface area (TPSA) is 76.4 Å². The monoisotopic (exact) mass is 412 g/mol. The van der Waals surface area contributed by atoms with Crippen molar-refractivity contribution in [2.75, 3.05) is 33.4 Å². The third kappa shape index (κ3) is 4.69. The van der Waals surface area contributed by atoms with E-state index in [0.717, 1.165) is 24.2 Å². The van der Waals surface area contributed by atoms with Crippen molar-refractivity contribution in [2.45, 2.75) is 19.1 Å². The van der Waals surface area contributed by atoms with Crippen molar-refractivity contribution >= 4 is 17.2 Å². The summed E-state index contributed by atoms with van der Waals surface area (Å²) >= 11 is 1.63. The first-order valence-electron chi connectivity index (χ1n) is 9.60. The molecular weight excluding hydrogens is 388 g/mol. The Morgan fingerprint density at radius 3 is 2.76 bits per heavy atom. The number of hydrogen-bond acceptors (Lipinski definition) is 7. The van der Waals surface area contributed by atoms with Crippen LogP contribution in [0.1, 0.15) is 23.0 Å². The van der Waals surface area contributed by atoms with Gasteiger partial charge < -0.3 is 9.64 Å². The van der Waals surface area contributed by atoms with Gasteiger partial charge in [0.05, 0.1) is 19.3 Å². The molecule has 0 radical (unpaired) electrons. The first-order chi connectivity index (χ1) is 14.2. The first kappa shape index (κ1) is 19.7. The molecule has 1 unspecified atom stereocenters. The molecule has 1 saturated heterocycles. The zero-order valence-electron chi connectivity index (χ0n) is 16.3. The minimum atomic E-state index is -0.120. The highest BCUT2D eigenvalue weighted by Crippen LogP contribution is 2.27. The normalized spacial score (nSPS) is 15.9. The Hall–Kier alpha value is -2.62. The molecule has 1 aliphatic rings. The molecule has 152 valence electrons. The lowest BCUT2D eigenvalue weighted by molar-refractivity contribution is -0.131. The molecule has 4 rings (SSSR count). The zero-order chi connectivity index (χ0) is 20.1. The van der Waals surface area contributed by atoms with E-state index in [2.05, 4.69) is 37.9 Å². The molecule has 29 heavy (non-hydrogen) atoms. The molecule has 3 heterocycles. The lowest BCUT2D eigenvalue weighted by Crippen LogP contribution is -2.41. The van der Waals surface area contributed by atoms with Gasteiger partial charge >= 0.3 is 0 Å². The van der Waals surface area contributed by atoms with Gasteiger partial charge in [0.25, 0.3) is 0 Å². The summed E-state index contributed by atoms with van der Waals surface area (Å²) in [4.78, 5) is 16.8. The molecule has 0 aliphatic carbocycles. The maximum absolute atomic E-state index is 12.8. The largest absolute Gasteiger partial charge is 0.379 e. The Bertz CT molecular complexity index is 908. The maximum Gasteiger partial charge on any atom is 0.244 e. The molecular formula is C20H24N6O2S. The highest BCUT2D eigenvalue weighted by Gasteiger charge is 2.29. The molecule has 0 bridgehead atoms. The summed E-state index contributed by atoms with van der Waals surface area (Å²) in [6.07, 6.45) is 0. The van der Waals surface area contributed by atoms with Crippen LogP contribution in [-0.4, -0.2) is 69.3 Å². The number of carbonyl (C=O) groups is 1. The average Bonchev–Trinajstić information content (AvgIpc) is 3.42. The number of ether oxygens (including phenoxy) is 1. The minimum absolute atomic E-state index is 0.0291. The summed E-state index contributed by atoms with van der Waals surface area (Å²) in [7, 11) is 1.81. The van der Waals surface area contributed by atoms with Crippen LogP contribution in [-0.2, 0) is 22.6 Å². The molecule has 1 aliphatic heterocycles. The Kier molecular flexibility index (Phi) is 6.28. The second kappa shape index (κ2) is 9.25. The van der Waals surface area contributed by atoms with Crippen LogP contribution in [0.2, 0.25) is 0 Å². The van der Waals surface area contributed by atoms with Crippen LogP contribution >= 0.6 is 11.3 Å². The number of hydrogen-bond donors (Lipinski definition) is 0. The second-order valence-electron chi connectivity index (χ2n) is 7.04. The number of rotatable bonds is 7. The summed E-state index contributed by atoms with van der Waals surface area (Å²) in [6.45, 7) is 3.61. The van der Waals surface area contributed by atoms with Crippen LogP contribution in [0.15, 0.2) is 47.2 Å². The van der Waals surface area contributed by atoms with Crippen LogP contribution in [0.5, 0.6) is 0 Å². The number of benzene rings is 1. The second-order valence-corrected chi connectivity index (χ2v) is 7.82. The number of likely N-dealkylation sites (N-methyl/N-ethyl adjacent to an activating group) is 1. The highest BCUT2D eigenvalue weighted by atomic mass is 32.1. The fourth-order valence-corrected chi connectivity index (χ4v) is 4.17. The molecule has 1 fully saturated rings. The number of nitrogens with zero attached hydrogens (tertiary/aromatic N) is 6. The van der Waals surface area contributed by atoms with Gasteiger partial charge in [-0.2, -0.15) is 11.3 Å².